The molecule has 27 heavy (non-hydrogen) atoms. The van der Waals surface area contributed by atoms with Gasteiger partial charge >= 0.3 is 0 Å². The van der Waals surface area contributed by atoms with Gasteiger partial charge in [-0.05, 0) is 80.6 Å². The molecule has 142 valence electrons. The van der Waals surface area contributed by atoms with Crippen molar-refractivity contribution in [1.29, 1.82) is 0 Å². The lowest BCUT2D eigenvalue weighted by Crippen LogP contribution is -2.23. The van der Waals surface area contributed by atoms with E-state index in [1.165, 1.54) is 21.5 Å². The van der Waals surface area contributed by atoms with Crippen LogP contribution in [0.2, 0.25) is 0 Å². The summed E-state index contributed by atoms with van der Waals surface area (Å²) in [5.74, 6) is 0. The van der Waals surface area contributed by atoms with E-state index in [2.05, 4.69) is 85.1 Å². The van der Waals surface area contributed by atoms with Crippen LogP contribution in [-0.4, -0.2) is 18.1 Å². The summed E-state index contributed by atoms with van der Waals surface area (Å²) in [5.41, 5.74) is 6.96. The molecule has 1 heterocycles. The second-order valence-corrected chi connectivity index (χ2v) is 7.86. The van der Waals surface area contributed by atoms with Crippen LogP contribution >= 0.6 is 11.3 Å². The normalized spacial score (nSPS) is 11.6. The third-order valence-corrected chi connectivity index (χ3v) is 5.78. The van der Waals surface area contributed by atoms with Gasteiger partial charge < -0.3 is 4.90 Å². The maximum Gasteiger partial charge on any atom is 0.231 e. The van der Waals surface area contributed by atoms with Crippen molar-refractivity contribution in [1.82, 2.24) is 4.98 Å². The van der Waals surface area contributed by atoms with E-state index in [0.29, 0.717) is 5.13 Å². The molecule has 0 fully saturated rings. The molecule has 0 aliphatic carbocycles. The van der Waals surface area contributed by atoms with Crippen LogP contribution in [0.15, 0.2) is 40.6 Å². The highest BCUT2D eigenvalue weighted by Crippen LogP contribution is 2.32. The van der Waals surface area contributed by atoms with Crippen LogP contribution in [0.3, 0.4) is 0 Å². The first-order valence-electron chi connectivity index (χ1n) is 9.73. The van der Waals surface area contributed by atoms with Crippen molar-refractivity contribution in [3.05, 3.63) is 47.0 Å². The molecule has 2 aromatic carbocycles. The van der Waals surface area contributed by atoms with Gasteiger partial charge in [0.1, 0.15) is 0 Å². The highest BCUT2D eigenvalue weighted by Gasteiger charge is 2.08. The minimum Gasteiger partial charge on any atom is -0.372 e. The Hall–Kier alpha value is -2.27. The van der Waals surface area contributed by atoms with Crippen LogP contribution in [0.4, 0.5) is 16.5 Å². The zero-order valence-corrected chi connectivity index (χ0v) is 17.7. The van der Waals surface area contributed by atoms with Gasteiger partial charge in [0, 0.05) is 18.8 Å². The van der Waals surface area contributed by atoms with Crippen molar-refractivity contribution in [3.63, 3.8) is 0 Å². The molecule has 1 aromatic heterocycles. The molecule has 0 spiro atoms. The number of aromatic nitrogens is 1. The van der Waals surface area contributed by atoms with Crippen molar-refractivity contribution >= 4 is 38.1 Å². The molecule has 4 nitrogen and oxygen atoms in total. The quantitative estimate of drug-likeness (QED) is 0.409. The number of anilines is 1. The van der Waals surface area contributed by atoms with Crippen LogP contribution in [0, 0.1) is 13.8 Å². The van der Waals surface area contributed by atoms with E-state index in [1.54, 1.807) is 11.3 Å². The number of aryl methyl sites for hydroxylation is 3. The first-order chi connectivity index (χ1) is 13.0. The fraction of sp³-hybridized carbons (Fsp3) is 0.409. The topological polar surface area (TPSA) is 40.9 Å². The number of thiazole rings is 1. The van der Waals surface area contributed by atoms with Crippen molar-refractivity contribution in [3.8, 4) is 0 Å². The molecule has 0 aliphatic rings. The minimum atomic E-state index is 0.710. The van der Waals surface area contributed by atoms with Crippen molar-refractivity contribution < 1.29 is 0 Å². The number of hydrogen-bond acceptors (Lipinski definition) is 5. The SMILES string of the molecule is CCCN(CC)c1ccc(N=Nc2nc3cc(CC)c(C)cc3s2)c(C)c1. The number of nitrogens with zero attached hydrogens (tertiary/aromatic N) is 4. The van der Waals surface area contributed by atoms with Crippen molar-refractivity contribution in [2.45, 2.75) is 47.5 Å². The molecule has 0 aliphatic heterocycles. The summed E-state index contributed by atoms with van der Waals surface area (Å²) >= 11 is 1.59. The third-order valence-electron chi connectivity index (χ3n) is 4.88. The van der Waals surface area contributed by atoms with Gasteiger partial charge in [0.25, 0.3) is 0 Å². The predicted molar refractivity (Wildman–Crippen MR) is 117 cm³/mol. The van der Waals surface area contributed by atoms with E-state index < -0.39 is 0 Å². The van der Waals surface area contributed by atoms with Gasteiger partial charge in [-0.2, -0.15) is 0 Å². The molecular weight excluding hydrogens is 352 g/mol. The lowest BCUT2D eigenvalue weighted by molar-refractivity contribution is 0.791. The molecule has 0 atom stereocenters. The Bertz CT molecular complexity index is 958. The Morgan fingerprint density at radius 2 is 1.81 bits per heavy atom. The fourth-order valence-corrected chi connectivity index (χ4v) is 4.18. The second kappa shape index (κ2) is 8.61. The molecule has 5 heteroatoms. The van der Waals surface area contributed by atoms with Crippen LogP contribution < -0.4 is 4.90 Å². The predicted octanol–water partition coefficient (Wildman–Crippen LogP) is 7.13. The molecule has 0 unspecified atom stereocenters. The zero-order valence-electron chi connectivity index (χ0n) is 16.9. The smallest absolute Gasteiger partial charge is 0.231 e. The van der Waals surface area contributed by atoms with E-state index in [4.69, 9.17) is 0 Å². The second-order valence-electron chi connectivity index (χ2n) is 6.85. The van der Waals surface area contributed by atoms with Gasteiger partial charge in [-0.15, -0.1) is 10.2 Å². The summed E-state index contributed by atoms with van der Waals surface area (Å²) in [6.07, 6.45) is 2.17. The number of benzene rings is 2. The molecular formula is C22H28N4S. The van der Waals surface area contributed by atoms with Crippen LogP contribution in [-0.2, 0) is 6.42 Å². The Labute approximate surface area is 166 Å². The molecule has 3 aromatic rings. The molecule has 0 amide bonds. The number of hydrogen-bond donors (Lipinski definition) is 0. The summed E-state index contributed by atoms with van der Waals surface area (Å²) in [4.78, 5) is 7.02. The number of fused-ring (bicyclic) bond motifs is 1. The Morgan fingerprint density at radius 3 is 2.48 bits per heavy atom. The van der Waals surface area contributed by atoms with E-state index in [9.17, 15) is 0 Å². The van der Waals surface area contributed by atoms with Gasteiger partial charge in [0.15, 0.2) is 0 Å². The van der Waals surface area contributed by atoms with Crippen LogP contribution in [0.25, 0.3) is 10.2 Å². The maximum absolute atomic E-state index is 4.64. The molecule has 0 saturated carbocycles. The number of azo groups is 1. The molecule has 0 bridgehead atoms. The van der Waals surface area contributed by atoms with E-state index >= 15 is 0 Å². The molecule has 0 saturated heterocycles. The highest BCUT2D eigenvalue weighted by atomic mass is 32.1. The van der Waals surface area contributed by atoms with Crippen molar-refractivity contribution in [2.24, 2.45) is 10.2 Å². The summed E-state index contributed by atoms with van der Waals surface area (Å²) in [6.45, 7) is 12.9. The largest absolute Gasteiger partial charge is 0.372 e. The average molecular weight is 381 g/mol. The number of rotatable bonds is 7. The van der Waals surface area contributed by atoms with E-state index in [-0.39, 0.29) is 0 Å². The van der Waals surface area contributed by atoms with Crippen LogP contribution in [0.1, 0.15) is 43.9 Å². The molecule has 0 radical (unpaired) electrons. The summed E-state index contributed by atoms with van der Waals surface area (Å²) < 4.78 is 1.17. The maximum atomic E-state index is 4.64. The minimum absolute atomic E-state index is 0.710. The highest BCUT2D eigenvalue weighted by molar-refractivity contribution is 7.21. The van der Waals surface area contributed by atoms with Gasteiger partial charge in [0.2, 0.25) is 5.13 Å². The third kappa shape index (κ3) is 4.35. The Kier molecular flexibility index (Phi) is 6.22. The monoisotopic (exact) mass is 380 g/mol. The zero-order chi connectivity index (χ0) is 19.4. The Morgan fingerprint density at radius 1 is 1.00 bits per heavy atom. The lowest BCUT2D eigenvalue weighted by atomic mass is 10.1. The van der Waals surface area contributed by atoms with Gasteiger partial charge in [-0.25, -0.2) is 4.98 Å². The summed E-state index contributed by atoms with van der Waals surface area (Å²) in [7, 11) is 0. The van der Waals surface area contributed by atoms with Gasteiger partial charge in [-0.3, -0.25) is 0 Å². The average Bonchev–Trinajstić information content (AvgIpc) is 3.05. The van der Waals surface area contributed by atoms with Crippen molar-refractivity contribution in [2.75, 3.05) is 18.0 Å². The standard InChI is InChI=1S/C22H28N4S/c1-6-11-26(8-3)18-9-10-19(16(5)12-18)24-25-22-23-20-14-17(7-2)15(4)13-21(20)27-22/h9-10,12-14H,6-8,11H2,1-5H3. The lowest BCUT2D eigenvalue weighted by Gasteiger charge is -2.23. The fourth-order valence-electron chi connectivity index (χ4n) is 3.32. The summed E-state index contributed by atoms with van der Waals surface area (Å²) in [6, 6.07) is 10.8. The first kappa shape index (κ1) is 19.5. The van der Waals surface area contributed by atoms with Gasteiger partial charge in [-0.1, -0.05) is 25.2 Å². The van der Waals surface area contributed by atoms with E-state index in [0.717, 1.165) is 42.7 Å². The molecule has 0 N–H and O–H groups in total. The summed E-state index contributed by atoms with van der Waals surface area (Å²) in [5, 5.41) is 9.58. The van der Waals surface area contributed by atoms with Crippen LogP contribution in [0.5, 0.6) is 0 Å². The molecule has 3 rings (SSSR count). The Balaban J connectivity index is 1.84. The van der Waals surface area contributed by atoms with Gasteiger partial charge in [0.05, 0.1) is 15.9 Å². The first-order valence-corrected chi connectivity index (χ1v) is 10.5. The van der Waals surface area contributed by atoms with E-state index in [1.807, 2.05) is 0 Å².